The van der Waals surface area contributed by atoms with Crippen LogP contribution in [0.4, 0.5) is 5.69 Å². The largest absolute Gasteiger partial charge is 0.369 e. The molecular formula is C16H21ClN2O. The third-order valence-electron chi connectivity index (χ3n) is 4.50. The molecule has 0 bridgehead atoms. The lowest BCUT2D eigenvalue weighted by Crippen LogP contribution is -2.36. The van der Waals surface area contributed by atoms with Crippen LogP contribution in [0.3, 0.4) is 0 Å². The fraction of sp³-hybridized carbons (Fsp3) is 0.562. The number of carbonyl (C=O) groups excluding carboxylic acids is 1. The molecule has 1 atom stereocenters. The van der Waals surface area contributed by atoms with Crippen molar-refractivity contribution in [1.29, 1.82) is 0 Å². The quantitative estimate of drug-likeness (QED) is 0.782. The molecule has 0 N–H and O–H groups in total. The number of rotatable bonds is 2. The maximum absolute atomic E-state index is 11.4. The molecule has 2 aliphatic rings. The van der Waals surface area contributed by atoms with Crippen LogP contribution < -0.4 is 4.90 Å². The molecule has 2 heterocycles. The van der Waals surface area contributed by atoms with Gasteiger partial charge in [0.2, 0.25) is 0 Å². The Hall–Kier alpha value is -1.06. The van der Waals surface area contributed by atoms with E-state index in [0.717, 1.165) is 18.8 Å². The fourth-order valence-electron chi connectivity index (χ4n) is 3.41. The van der Waals surface area contributed by atoms with Gasteiger partial charge in [-0.1, -0.05) is 11.6 Å². The van der Waals surface area contributed by atoms with E-state index < -0.39 is 0 Å². The van der Waals surface area contributed by atoms with Crippen LogP contribution in [0.2, 0.25) is 5.02 Å². The Morgan fingerprint density at radius 2 is 2.05 bits per heavy atom. The minimum atomic E-state index is 0.0660. The van der Waals surface area contributed by atoms with Crippen molar-refractivity contribution in [3.8, 4) is 0 Å². The first kappa shape index (κ1) is 13.9. The maximum atomic E-state index is 11.4. The minimum absolute atomic E-state index is 0.0660. The summed E-state index contributed by atoms with van der Waals surface area (Å²) in [5, 5.41) is 0.698. The van der Waals surface area contributed by atoms with Crippen molar-refractivity contribution >= 4 is 23.1 Å². The first-order chi connectivity index (χ1) is 9.65. The summed E-state index contributed by atoms with van der Waals surface area (Å²) in [4.78, 5) is 16.4. The van der Waals surface area contributed by atoms with Crippen molar-refractivity contribution in [1.82, 2.24) is 4.90 Å². The average Bonchev–Trinajstić information content (AvgIpc) is 2.76. The van der Waals surface area contributed by atoms with Crippen molar-refractivity contribution < 1.29 is 4.79 Å². The summed E-state index contributed by atoms with van der Waals surface area (Å²) in [6.07, 6.45) is 3.79. The predicted molar refractivity (Wildman–Crippen MR) is 82.9 cm³/mol. The zero-order chi connectivity index (χ0) is 14.1. The van der Waals surface area contributed by atoms with E-state index in [1.165, 1.54) is 32.4 Å². The number of hydrogen-bond donors (Lipinski definition) is 0. The van der Waals surface area contributed by atoms with Gasteiger partial charge in [0.1, 0.15) is 0 Å². The van der Waals surface area contributed by atoms with E-state index in [4.69, 9.17) is 11.6 Å². The molecule has 20 heavy (non-hydrogen) atoms. The SMILES string of the molecule is CC(=O)c1ccc(N2CCCN3CCCC3C2)c(Cl)c1. The second-order valence-electron chi connectivity index (χ2n) is 5.85. The number of anilines is 1. The summed E-state index contributed by atoms with van der Waals surface area (Å²) < 4.78 is 0. The highest BCUT2D eigenvalue weighted by Gasteiger charge is 2.29. The summed E-state index contributed by atoms with van der Waals surface area (Å²) in [6.45, 7) is 6.12. The molecule has 3 nitrogen and oxygen atoms in total. The average molecular weight is 293 g/mol. The van der Waals surface area contributed by atoms with E-state index in [1.807, 2.05) is 12.1 Å². The van der Waals surface area contributed by atoms with Gasteiger partial charge in [0, 0.05) is 31.2 Å². The zero-order valence-electron chi connectivity index (χ0n) is 11.9. The molecule has 0 saturated carbocycles. The maximum Gasteiger partial charge on any atom is 0.159 e. The van der Waals surface area contributed by atoms with E-state index in [1.54, 1.807) is 13.0 Å². The van der Waals surface area contributed by atoms with Gasteiger partial charge in [-0.05, 0) is 50.9 Å². The molecule has 4 heteroatoms. The molecule has 108 valence electrons. The highest BCUT2D eigenvalue weighted by atomic mass is 35.5. The Labute approximate surface area is 125 Å². The number of halogens is 1. The highest BCUT2D eigenvalue weighted by Crippen LogP contribution is 2.30. The van der Waals surface area contributed by atoms with Crippen LogP contribution in [0, 0.1) is 0 Å². The van der Waals surface area contributed by atoms with Crippen molar-refractivity contribution in [2.24, 2.45) is 0 Å². The van der Waals surface area contributed by atoms with Gasteiger partial charge in [-0.2, -0.15) is 0 Å². The van der Waals surface area contributed by atoms with Crippen LogP contribution >= 0.6 is 11.6 Å². The van der Waals surface area contributed by atoms with Gasteiger partial charge in [0.25, 0.3) is 0 Å². The Morgan fingerprint density at radius 3 is 2.80 bits per heavy atom. The van der Waals surface area contributed by atoms with Crippen LogP contribution in [-0.2, 0) is 0 Å². The summed E-state index contributed by atoms with van der Waals surface area (Å²) >= 11 is 6.40. The molecule has 2 saturated heterocycles. The molecule has 1 unspecified atom stereocenters. The van der Waals surface area contributed by atoms with E-state index in [2.05, 4.69) is 9.80 Å². The molecule has 1 aromatic rings. The molecule has 0 radical (unpaired) electrons. The summed E-state index contributed by atoms with van der Waals surface area (Å²) in [6, 6.07) is 6.36. The number of benzene rings is 1. The molecule has 3 rings (SSSR count). The molecule has 0 aliphatic carbocycles. The monoisotopic (exact) mass is 292 g/mol. The second kappa shape index (κ2) is 5.74. The summed E-state index contributed by atoms with van der Waals surface area (Å²) in [7, 11) is 0. The van der Waals surface area contributed by atoms with Crippen LogP contribution in [0.25, 0.3) is 0 Å². The fourth-order valence-corrected chi connectivity index (χ4v) is 3.71. The lowest BCUT2D eigenvalue weighted by Gasteiger charge is -2.28. The summed E-state index contributed by atoms with van der Waals surface area (Å²) in [5.74, 6) is 0.0660. The van der Waals surface area contributed by atoms with Gasteiger partial charge >= 0.3 is 0 Å². The van der Waals surface area contributed by atoms with Crippen molar-refractivity contribution in [3.05, 3.63) is 28.8 Å². The van der Waals surface area contributed by atoms with E-state index in [9.17, 15) is 4.79 Å². The van der Waals surface area contributed by atoms with Crippen molar-refractivity contribution in [2.45, 2.75) is 32.2 Å². The number of Topliss-reactive ketones (excluding diaryl/α,β-unsaturated/α-hetero) is 1. The van der Waals surface area contributed by atoms with Gasteiger partial charge in [-0.25, -0.2) is 0 Å². The molecule has 1 aromatic carbocycles. The minimum Gasteiger partial charge on any atom is -0.369 e. The van der Waals surface area contributed by atoms with Gasteiger partial charge in [0.05, 0.1) is 10.7 Å². The molecule has 0 amide bonds. The second-order valence-corrected chi connectivity index (χ2v) is 6.26. The van der Waals surface area contributed by atoms with Crippen LogP contribution in [0.15, 0.2) is 18.2 Å². The van der Waals surface area contributed by atoms with E-state index >= 15 is 0 Å². The van der Waals surface area contributed by atoms with Gasteiger partial charge in [0.15, 0.2) is 5.78 Å². The van der Waals surface area contributed by atoms with Crippen LogP contribution in [0.5, 0.6) is 0 Å². The first-order valence-corrected chi connectivity index (χ1v) is 7.82. The zero-order valence-corrected chi connectivity index (χ0v) is 12.7. The number of fused-ring (bicyclic) bond motifs is 1. The Kier molecular flexibility index (Phi) is 3.99. The number of carbonyl (C=O) groups is 1. The first-order valence-electron chi connectivity index (χ1n) is 7.44. The summed E-state index contributed by atoms with van der Waals surface area (Å²) in [5.41, 5.74) is 1.77. The topological polar surface area (TPSA) is 23.6 Å². The molecular weight excluding hydrogens is 272 g/mol. The highest BCUT2D eigenvalue weighted by molar-refractivity contribution is 6.33. The third kappa shape index (κ3) is 2.70. The molecule has 2 aliphatic heterocycles. The smallest absolute Gasteiger partial charge is 0.159 e. The molecule has 0 spiro atoms. The van der Waals surface area contributed by atoms with Crippen LogP contribution in [-0.4, -0.2) is 42.9 Å². The van der Waals surface area contributed by atoms with E-state index in [-0.39, 0.29) is 5.78 Å². The standard InChI is InChI=1S/C16H21ClN2O/c1-12(20)13-5-6-16(15(17)10-13)19-9-3-8-18-7-2-4-14(18)11-19/h5-6,10,14H,2-4,7-9,11H2,1H3. The van der Waals surface area contributed by atoms with Gasteiger partial charge in [-0.15, -0.1) is 0 Å². The van der Waals surface area contributed by atoms with Crippen molar-refractivity contribution in [2.75, 3.05) is 31.1 Å². The van der Waals surface area contributed by atoms with Gasteiger partial charge < -0.3 is 4.90 Å². The Morgan fingerprint density at radius 1 is 1.25 bits per heavy atom. The molecule has 2 fully saturated rings. The molecule has 0 aromatic heterocycles. The number of hydrogen-bond acceptors (Lipinski definition) is 3. The van der Waals surface area contributed by atoms with Crippen molar-refractivity contribution in [3.63, 3.8) is 0 Å². The Bertz CT molecular complexity index is 517. The Balaban J connectivity index is 1.82. The van der Waals surface area contributed by atoms with Gasteiger partial charge in [-0.3, -0.25) is 9.69 Å². The predicted octanol–water partition coefficient (Wildman–Crippen LogP) is 3.22. The number of nitrogens with zero attached hydrogens (tertiary/aromatic N) is 2. The lowest BCUT2D eigenvalue weighted by molar-refractivity contribution is 0.101. The third-order valence-corrected chi connectivity index (χ3v) is 4.80. The van der Waals surface area contributed by atoms with Crippen LogP contribution in [0.1, 0.15) is 36.5 Å². The lowest BCUT2D eigenvalue weighted by atomic mass is 10.1. The number of ketones is 1. The normalized spacial score (nSPS) is 23.5. The van der Waals surface area contributed by atoms with E-state index in [0.29, 0.717) is 16.6 Å².